The number of carbonyl (C=O) groups is 2. The van der Waals surface area contributed by atoms with Crippen LogP contribution in [0.3, 0.4) is 0 Å². The SMILES string of the molecule is CCc1ccccc1NC(=O)COC(=O)Cc1cccs1. The molecule has 1 aromatic heterocycles. The highest BCUT2D eigenvalue weighted by atomic mass is 32.1. The first-order chi connectivity index (χ1) is 10.2. The Balaban J connectivity index is 1.80. The van der Waals surface area contributed by atoms with Gasteiger partial charge >= 0.3 is 5.97 Å². The quantitative estimate of drug-likeness (QED) is 0.835. The fourth-order valence-corrected chi connectivity index (χ4v) is 2.58. The number of thiophene rings is 1. The number of ether oxygens (including phenoxy) is 1. The number of amides is 1. The molecular formula is C16H17NO3S. The summed E-state index contributed by atoms with van der Waals surface area (Å²) in [5.74, 6) is -0.716. The summed E-state index contributed by atoms with van der Waals surface area (Å²) >= 11 is 1.49. The van der Waals surface area contributed by atoms with Gasteiger partial charge in [-0.2, -0.15) is 0 Å². The Morgan fingerprint density at radius 3 is 2.71 bits per heavy atom. The van der Waals surface area contributed by atoms with E-state index in [1.165, 1.54) is 11.3 Å². The van der Waals surface area contributed by atoms with Gasteiger partial charge in [-0.25, -0.2) is 0 Å². The van der Waals surface area contributed by atoms with E-state index in [0.717, 1.165) is 22.5 Å². The molecule has 0 aliphatic carbocycles. The smallest absolute Gasteiger partial charge is 0.311 e. The van der Waals surface area contributed by atoms with Crippen molar-refractivity contribution in [3.63, 3.8) is 0 Å². The summed E-state index contributed by atoms with van der Waals surface area (Å²) in [4.78, 5) is 24.3. The zero-order valence-corrected chi connectivity index (χ0v) is 12.6. The zero-order chi connectivity index (χ0) is 15.1. The lowest BCUT2D eigenvalue weighted by Crippen LogP contribution is -2.22. The predicted octanol–water partition coefficient (Wildman–Crippen LogP) is 3.03. The molecule has 0 bridgehead atoms. The Morgan fingerprint density at radius 1 is 1.19 bits per heavy atom. The molecule has 0 fully saturated rings. The Labute approximate surface area is 127 Å². The number of rotatable bonds is 6. The lowest BCUT2D eigenvalue weighted by molar-refractivity contribution is -0.146. The van der Waals surface area contributed by atoms with Crippen LogP contribution in [0.4, 0.5) is 5.69 Å². The van der Waals surface area contributed by atoms with Gasteiger partial charge in [0.05, 0.1) is 6.42 Å². The maximum absolute atomic E-state index is 11.8. The molecule has 0 unspecified atom stereocenters. The van der Waals surface area contributed by atoms with E-state index in [9.17, 15) is 9.59 Å². The second-order valence-electron chi connectivity index (χ2n) is 4.48. The summed E-state index contributed by atoms with van der Waals surface area (Å²) in [5, 5.41) is 4.66. The first-order valence-electron chi connectivity index (χ1n) is 6.74. The largest absolute Gasteiger partial charge is 0.455 e. The summed E-state index contributed by atoms with van der Waals surface area (Å²) in [6, 6.07) is 11.3. The lowest BCUT2D eigenvalue weighted by atomic mass is 10.1. The van der Waals surface area contributed by atoms with E-state index in [0.29, 0.717) is 0 Å². The van der Waals surface area contributed by atoms with Gasteiger partial charge in [-0.3, -0.25) is 9.59 Å². The Morgan fingerprint density at radius 2 is 2.00 bits per heavy atom. The monoisotopic (exact) mass is 303 g/mol. The van der Waals surface area contributed by atoms with E-state index in [1.807, 2.05) is 48.7 Å². The first-order valence-corrected chi connectivity index (χ1v) is 7.62. The van der Waals surface area contributed by atoms with Gasteiger partial charge in [-0.05, 0) is 29.5 Å². The topological polar surface area (TPSA) is 55.4 Å². The van der Waals surface area contributed by atoms with E-state index in [1.54, 1.807) is 0 Å². The van der Waals surface area contributed by atoms with E-state index >= 15 is 0 Å². The van der Waals surface area contributed by atoms with Crippen LogP contribution in [0.15, 0.2) is 41.8 Å². The van der Waals surface area contributed by atoms with Crippen molar-refractivity contribution in [2.24, 2.45) is 0 Å². The minimum atomic E-state index is -0.392. The number of hydrogen-bond donors (Lipinski definition) is 1. The molecule has 4 nitrogen and oxygen atoms in total. The Hall–Kier alpha value is -2.14. The highest BCUT2D eigenvalue weighted by molar-refractivity contribution is 7.10. The molecule has 0 radical (unpaired) electrons. The molecule has 110 valence electrons. The molecule has 0 atom stereocenters. The van der Waals surface area contributed by atoms with Gasteiger partial charge in [0.25, 0.3) is 5.91 Å². The van der Waals surface area contributed by atoms with E-state index in [4.69, 9.17) is 4.74 Å². The summed E-state index contributed by atoms with van der Waals surface area (Å²) in [5.41, 5.74) is 1.81. The van der Waals surface area contributed by atoms with Crippen LogP contribution < -0.4 is 5.32 Å². The van der Waals surface area contributed by atoms with Crippen LogP contribution in [0, 0.1) is 0 Å². The molecular weight excluding hydrogens is 286 g/mol. The third-order valence-corrected chi connectivity index (χ3v) is 3.81. The van der Waals surface area contributed by atoms with Crippen LogP contribution in [0.1, 0.15) is 17.4 Å². The summed E-state index contributed by atoms with van der Waals surface area (Å²) in [7, 11) is 0. The van der Waals surface area contributed by atoms with Crippen molar-refractivity contribution in [2.45, 2.75) is 19.8 Å². The molecule has 0 aliphatic rings. The molecule has 0 saturated carbocycles. The van der Waals surface area contributed by atoms with Crippen LogP contribution >= 0.6 is 11.3 Å². The zero-order valence-electron chi connectivity index (χ0n) is 11.8. The van der Waals surface area contributed by atoms with Crippen molar-refractivity contribution in [1.82, 2.24) is 0 Å². The van der Waals surface area contributed by atoms with E-state index < -0.39 is 5.97 Å². The maximum atomic E-state index is 11.8. The average molecular weight is 303 g/mol. The molecule has 0 aliphatic heterocycles. The number of aryl methyl sites for hydroxylation is 1. The molecule has 1 aromatic carbocycles. The Kier molecular flexibility index (Phi) is 5.51. The third kappa shape index (κ3) is 4.72. The van der Waals surface area contributed by atoms with Gasteiger partial charge < -0.3 is 10.1 Å². The van der Waals surface area contributed by atoms with Gasteiger partial charge in [0.15, 0.2) is 6.61 Å². The van der Waals surface area contributed by atoms with Crippen molar-refractivity contribution in [3.8, 4) is 0 Å². The minimum absolute atomic E-state index is 0.205. The maximum Gasteiger partial charge on any atom is 0.311 e. The summed E-state index contributed by atoms with van der Waals surface area (Å²) in [6.07, 6.45) is 1.03. The fourth-order valence-electron chi connectivity index (χ4n) is 1.89. The van der Waals surface area contributed by atoms with Gasteiger partial charge in [-0.15, -0.1) is 11.3 Å². The summed E-state index contributed by atoms with van der Waals surface area (Å²) in [6.45, 7) is 1.76. The highest BCUT2D eigenvalue weighted by Gasteiger charge is 2.10. The number of para-hydroxylation sites is 1. The number of esters is 1. The number of anilines is 1. The second-order valence-corrected chi connectivity index (χ2v) is 5.51. The van der Waals surface area contributed by atoms with Crippen LogP contribution in [-0.2, 0) is 27.2 Å². The van der Waals surface area contributed by atoms with E-state index in [-0.39, 0.29) is 18.9 Å². The molecule has 0 spiro atoms. The van der Waals surface area contributed by atoms with E-state index in [2.05, 4.69) is 5.32 Å². The van der Waals surface area contributed by atoms with Crippen molar-refractivity contribution in [3.05, 3.63) is 52.2 Å². The van der Waals surface area contributed by atoms with Gasteiger partial charge in [0.1, 0.15) is 0 Å². The van der Waals surface area contributed by atoms with Crippen LogP contribution in [0.5, 0.6) is 0 Å². The fraction of sp³-hybridized carbons (Fsp3) is 0.250. The molecule has 1 heterocycles. The van der Waals surface area contributed by atoms with Crippen LogP contribution in [-0.4, -0.2) is 18.5 Å². The highest BCUT2D eigenvalue weighted by Crippen LogP contribution is 2.15. The normalized spacial score (nSPS) is 10.1. The minimum Gasteiger partial charge on any atom is -0.455 e. The first kappa shape index (κ1) is 15.3. The lowest BCUT2D eigenvalue weighted by Gasteiger charge is -2.09. The van der Waals surface area contributed by atoms with Gasteiger partial charge in [0.2, 0.25) is 0 Å². The molecule has 21 heavy (non-hydrogen) atoms. The predicted molar refractivity (Wildman–Crippen MR) is 83.4 cm³/mol. The number of carbonyl (C=O) groups excluding carboxylic acids is 2. The molecule has 1 N–H and O–H groups in total. The second kappa shape index (κ2) is 7.59. The van der Waals surface area contributed by atoms with Crippen molar-refractivity contribution < 1.29 is 14.3 Å². The number of hydrogen-bond acceptors (Lipinski definition) is 4. The molecule has 0 saturated heterocycles. The van der Waals surface area contributed by atoms with Crippen LogP contribution in [0.2, 0.25) is 0 Å². The van der Waals surface area contributed by atoms with Gasteiger partial charge in [-0.1, -0.05) is 31.2 Å². The van der Waals surface area contributed by atoms with Gasteiger partial charge in [0, 0.05) is 10.6 Å². The number of benzene rings is 1. The summed E-state index contributed by atoms with van der Waals surface area (Å²) < 4.78 is 4.98. The van der Waals surface area contributed by atoms with Crippen molar-refractivity contribution in [2.75, 3.05) is 11.9 Å². The standard InChI is InChI=1S/C16H17NO3S/c1-2-12-6-3-4-8-14(12)17-15(18)11-20-16(19)10-13-7-5-9-21-13/h3-9H,2,10-11H2,1H3,(H,17,18). The van der Waals surface area contributed by atoms with Crippen LogP contribution in [0.25, 0.3) is 0 Å². The molecule has 2 aromatic rings. The van der Waals surface area contributed by atoms with Crippen molar-refractivity contribution in [1.29, 1.82) is 0 Å². The van der Waals surface area contributed by atoms with Crippen molar-refractivity contribution >= 4 is 28.9 Å². The molecule has 5 heteroatoms. The molecule has 2 rings (SSSR count). The number of nitrogens with one attached hydrogen (secondary N) is 1. The average Bonchev–Trinajstić information content (AvgIpc) is 2.98. The Bertz CT molecular complexity index is 608. The third-order valence-electron chi connectivity index (χ3n) is 2.94. The molecule has 1 amide bonds.